The molecule has 0 saturated heterocycles. The van der Waals surface area contributed by atoms with Gasteiger partial charge in [-0.25, -0.2) is 9.78 Å². The predicted octanol–water partition coefficient (Wildman–Crippen LogP) is 1.24. The topological polar surface area (TPSA) is 67.3 Å². The number of rotatable bonds is 3. The SMILES string of the molecule is Cc1cc(CC(=O)C(=O)O)cc(Cl)n1. The van der Waals surface area contributed by atoms with Crippen molar-refractivity contribution in [3.63, 3.8) is 0 Å². The van der Waals surface area contributed by atoms with Crippen LogP contribution >= 0.6 is 11.6 Å². The minimum absolute atomic E-state index is 0.154. The van der Waals surface area contributed by atoms with Crippen molar-refractivity contribution in [1.82, 2.24) is 4.98 Å². The van der Waals surface area contributed by atoms with Crippen LogP contribution in [-0.2, 0) is 16.0 Å². The van der Waals surface area contributed by atoms with Crippen LogP contribution in [0.4, 0.5) is 0 Å². The Morgan fingerprint density at radius 1 is 1.50 bits per heavy atom. The first-order valence-electron chi connectivity index (χ1n) is 3.88. The maximum Gasteiger partial charge on any atom is 0.372 e. The molecule has 0 aliphatic carbocycles. The van der Waals surface area contributed by atoms with E-state index in [1.807, 2.05) is 0 Å². The summed E-state index contributed by atoms with van der Waals surface area (Å²) in [6, 6.07) is 3.11. The summed E-state index contributed by atoms with van der Waals surface area (Å²) in [5, 5.41) is 8.65. The summed E-state index contributed by atoms with van der Waals surface area (Å²) < 4.78 is 0. The Bertz CT molecular complexity index is 369. The molecule has 14 heavy (non-hydrogen) atoms. The lowest BCUT2D eigenvalue weighted by molar-refractivity contribution is -0.148. The highest BCUT2D eigenvalue weighted by Gasteiger charge is 2.12. The van der Waals surface area contributed by atoms with E-state index in [1.165, 1.54) is 6.07 Å². The molecule has 74 valence electrons. The molecule has 0 unspecified atom stereocenters. The summed E-state index contributed by atoms with van der Waals surface area (Å²) in [5.41, 5.74) is 1.22. The number of Topliss-reactive ketones (excluding diaryl/α,β-unsaturated/α-hetero) is 1. The predicted molar refractivity (Wildman–Crippen MR) is 50.3 cm³/mol. The molecular formula is C9H8ClNO3. The van der Waals surface area contributed by atoms with Gasteiger partial charge in [0, 0.05) is 12.1 Å². The van der Waals surface area contributed by atoms with Crippen LogP contribution in [0.5, 0.6) is 0 Å². The van der Waals surface area contributed by atoms with Crippen molar-refractivity contribution in [3.05, 3.63) is 28.5 Å². The number of aliphatic carboxylic acids is 1. The standard InChI is InChI=1S/C9H8ClNO3/c1-5-2-6(4-8(10)11-5)3-7(12)9(13)14/h2,4H,3H2,1H3,(H,13,14). The molecule has 1 N–H and O–H groups in total. The molecule has 0 spiro atoms. The fourth-order valence-corrected chi connectivity index (χ4v) is 1.33. The highest BCUT2D eigenvalue weighted by atomic mass is 35.5. The van der Waals surface area contributed by atoms with Crippen LogP contribution in [-0.4, -0.2) is 21.8 Å². The van der Waals surface area contributed by atoms with Crippen molar-refractivity contribution in [1.29, 1.82) is 0 Å². The minimum Gasteiger partial charge on any atom is -0.475 e. The Balaban J connectivity index is 2.87. The number of carbonyl (C=O) groups is 2. The second-order valence-electron chi connectivity index (χ2n) is 2.84. The molecule has 0 atom stereocenters. The van der Waals surface area contributed by atoms with Crippen molar-refractivity contribution in [3.8, 4) is 0 Å². The molecule has 0 bridgehead atoms. The van der Waals surface area contributed by atoms with E-state index in [2.05, 4.69) is 4.98 Å². The van der Waals surface area contributed by atoms with Gasteiger partial charge in [0.15, 0.2) is 0 Å². The van der Waals surface area contributed by atoms with Crippen molar-refractivity contribution in [2.24, 2.45) is 0 Å². The molecule has 1 heterocycles. The number of halogens is 1. The third kappa shape index (κ3) is 2.81. The lowest BCUT2D eigenvalue weighted by Gasteiger charge is -2.00. The van der Waals surface area contributed by atoms with Crippen LogP contribution in [0.25, 0.3) is 0 Å². The molecule has 0 saturated carbocycles. The van der Waals surface area contributed by atoms with E-state index in [4.69, 9.17) is 16.7 Å². The highest BCUT2D eigenvalue weighted by Crippen LogP contribution is 2.11. The van der Waals surface area contributed by atoms with Gasteiger partial charge in [0.05, 0.1) is 0 Å². The number of hydrogen-bond donors (Lipinski definition) is 1. The lowest BCUT2D eigenvalue weighted by atomic mass is 10.1. The van der Waals surface area contributed by atoms with Gasteiger partial charge in [-0.1, -0.05) is 11.6 Å². The first kappa shape index (κ1) is 10.7. The average molecular weight is 214 g/mol. The monoisotopic (exact) mass is 213 g/mol. The first-order chi connectivity index (χ1) is 6.49. The zero-order valence-corrected chi connectivity index (χ0v) is 8.21. The fraction of sp³-hybridized carbons (Fsp3) is 0.222. The van der Waals surface area contributed by atoms with Gasteiger partial charge in [-0.15, -0.1) is 0 Å². The second kappa shape index (κ2) is 4.19. The number of carboxylic acid groups (broad SMARTS) is 1. The van der Waals surface area contributed by atoms with Crippen molar-refractivity contribution >= 4 is 23.4 Å². The number of nitrogens with zero attached hydrogens (tertiary/aromatic N) is 1. The van der Waals surface area contributed by atoms with Gasteiger partial charge >= 0.3 is 5.97 Å². The zero-order valence-electron chi connectivity index (χ0n) is 7.45. The quantitative estimate of drug-likeness (QED) is 0.606. The van der Waals surface area contributed by atoms with Crippen molar-refractivity contribution in [2.75, 3.05) is 0 Å². The Kier molecular flexibility index (Phi) is 3.19. The molecule has 0 aliphatic rings. The number of ketones is 1. The van der Waals surface area contributed by atoms with Gasteiger partial charge in [0.2, 0.25) is 5.78 Å². The normalized spacial score (nSPS) is 9.86. The smallest absolute Gasteiger partial charge is 0.372 e. The Hall–Kier alpha value is -1.42. The molecule has 1 aromatic rings. The molecule has 5 heteroatoms. The molecule has 0 aromatic carbocycles. The average Bonchev–Trinajstić information content (AvgIpc) is 2.01. The van der Waals surface area contributed by atoms with Crippen LogP contribution in [0, 0.1) is 6.92 Å². The molecule has 0 fully saturated rings. The van der Waals surface area contributed by atoms with E-state index in [0.717, 1.165) is 0 Å². The van der Waals surface area contributed by atoms with Crippen LogP contribution in [0.1, 0.15) is 11.3 Å². The molecular weight excluding hydrogens is 206 g/mol. The van der Waals surface area contributed by atoms with Crippen LogP contribution in [0.3, 0.4) is 0 Å². The largest absolute Gasteiger partial charge is 0.475 e. The summed E-state index contributed by atoms with van der Waals surface area (Å²) in [6.45, 7) is 1.72. The minimum atomic E-state index is -1.43. The van der Waals surface area contributed by atoms with Crippen molar-refractivity contribution in [2.45, 2.75) is 13.3 Å². The van der Waals surface area contributed by atoms with Gasteiger partial charge in [0.25, 0.3) is 0 Å². The fourth-order valence-electron chi connectivity index (χ4n) is 1.06. The van der Waals surface area contributed by atoms with Gasteiger partial charge in [-0.3, -0.25) is 4.79 Å². The summed E-state index contributed by atoms with van der Waals surface area (Å²) in [5.74, 6) is -2.29. The first-order valence-corrected chi connectivity index (χ1v) is 4.26. The molecule has 1 rings (SSSR count). The summed E-state index contributed by atoms with van der Waals surface area (Å²) in [6.07, 6.45) is -0.154. The number of hydrogen-bond acceptors (Lipinski definition) is 3. The Morgan fingerprint density at radius 3 is 2.64 bits per heavy atom. The molecule has 1 aromatic heterocycles. The van der Waals surface area contributed by atoms with Crippen LogP contribution in [0.2, 0.25) is 5.15 Å². The van der Waals surface area contributed by atoms with Gasteiger partial charge in [0.1, 0.15) is 5.15 Å². The maximum atomic E-state index is 10.9. The van der Waals surface area contributed by atoms with E-state index in [9.17, 15) is 9.59 Å². The number of aryl methyl sites for hydroxylation is 1. The summed E-state index contributed by atoms with van der Waals surface area (Å²) >= 11 is 5.64. The van der Waals surface area contributed by atoms with Gasteiger partial charge in [-0.2, -0.15) is 0 Å². The van der Waals surface area contributed by atoms with E-state index >= 15 is 0 Å². The van der Waals surface area contributed by atoms with E-state index in [1.54, 1.807) is 13.0 Å². The van der Waals surface area contributed by atoms with E-state index in [0.29, 0.717) is 11.3 Å². The van der Waals surface area contributed by atoms with E-state index < -0.39 is 11.8 Å². The van der Waals surface area contributed by atoms with Gasteiger partial charge < -0.3 is 5.11 Å². The molecule has 0 aliphatic heterocycles. The number of carboxylic acids is 1. The third-order valence-corrected chi connectivity index (χ3v) is 1.78. The molecule has 0 amide bonds. The zero-order chi connectivity index (χ0) is 10.7. The summed E-state index contributed by atoms with van der Waals surface area (Å²) in [7, 11) is 0. The third-order valence-electron chi connectivity index (χ3n) is 1.59. The maximum absolute atomic E-state index is 10.9. The van der Waals surface area contributed by atoms with Crippen molar-refractivity contribution < 1.29 is 14.7 Å². The lowest BCUT2D eigenvalue weighted by Crippen LogP contribution is -2.15. The highest BCUT2D eigenvalue weighted by molar-refractivity contribution is 6.33. The number of carbonyl (C=O) groups excluding carboxylic acids is 1. The van der Waals surface area contributed by atoms with Crippen LogP contribution in [0.15, 0.2) is 12.1 Å². The molecule has 4 nitrogen and oxygen atoms in total. The Morgan fingerprint density at radius 2 is 2.14 bits per heavy atom. The Labute approximate surface area is 85.5 Å². The number of pyridine rings is 1. The van der Waals surface area contributed by atoms with Crippen LogP contribution < -0.4 is 0 Å². The molecule has 0 radical (unpaired) electrons. The summed E-state index contributed by atoms with van der Waals surface area (Å²) in [4.78, 5) is 25.0. The van der Waals surface area contributed by atoms with E-state index in [-0.39, 0.29) is 11.6 Å². The number of aromatic nitrogens is 1. The van der Waals surface area contributed by atoms with Gasteiger partial charge in [-0.05, 0) is 24.6 Å². The second-order valence-corrected chi connectivity index (χ2v) is 3.23.